The fraction of sp³-hybridized carbons (Fsp3) is 0.900. The van der Waals surface area contributed by atoms with E-state index in [1.165, 1.54) is 0 Å². The number of esters is 1. The number of hydrogen-bond donors (Lipinski definition) is 2. The second-order valence-corrected chi connectivity index (χ2v) is 6.67. The molecule has 2 fully saturated rings. The SMILES string of the molecule is O=C(OCC(F)(F)S(=O)(=O)O)C1CC2CC1CC2O. The van der Waals surface area contributed by atoms with Crippen molar-refractivity contribution in [1.82, 2.24) is 0 Å². The van der Waals surface area contributed by atoms with Crippen LogP contribution in [-0.4, -0.2) is 42.0 Å². The van der Waals surface area contributed by atoms with Crippen molar-refractivity contribution >= 4 is 16.1 Å². The minimum Gasteiger partial charge on any atom is -0.458 e. The molecular formula is C10H14F2O6S. The third-order valence-electron chi connectivity index (χ3n) is 3.88. The Labute approximate surface area is 108 Å². The van der Waals surface area contributed by atoms with Crippen molar-refractivity contribution in [2.45, 2.75) is 30.6 Å². The van der Waals surface area contributed by atoms with E-state index in [-0.39, 0.29) is 11.8 Å². The number of aliphatic hydroxyl groups is 1. The highest BCUT2D eigenvalue weighted by Gasteiger charge is 2.50. The van der Waals surface area contributed by atoms with Gasteiger partial charge in [0.2, 0.25) is 0 Å². The Morgan fingerprint density at radius 3 is 2.32 bits per heavy atom. The average Bonchev–Trinajstić information content (AvgIpc) is 2.82. The number of rotatable bonds is 4. The molecule has 0 aromatic carbocycles. The van der Waals surface area contributed by atoms with Crippen LogP contribution in [0.3, 0.4) is 0 Å². The molecule has 6 nitrogen and oxygen atoms in total. The van der Waals surface area contributed by atoms with E-state index in [2.05, 4.69) is 4.74 Å². The zero-order valence-electron chi connectivity index (χ0n) is 9.83. The summed E-state index contributed by atoms with van der Waals surface area (Å²) in [7, 11) is -5.59. The standard InChI is InChI=1S/C10H14F2O6S/c11-10(12,19(15,16)17)4-18-9(14)7-2-6-1-5(7)3-8(6)13/h5-8,13H,1-4H2,(H,15,16,17). The third kappa shape index (κ3) is 2.72. The number of fused-ring (bicyclic) bond motifs is 2. The molecule has 0 aliphatic heterocycles. The average molecular weight is 300 g/mol. The van der Waals surface area contributed by atoms with Crippen LogP contribution in [0.25, 0.3) is 0 Å². The molecule has 0 heterocycles. The molecule has 0 spiro atoms. The number of alkyl halides is 2. The molecule has 2 rings (SSSR count). The second-order valence-electron chi connectivity index (χ2n) is 5.12. The van der Waals surface area contributed by atoms with Crippen molar-refractivity contribution in [3.05, 3.63) is 0 Å². The number of ether oxygens (including phenoxy) is 1. The number of carbonyl (C=O) groups excluding carboxylic acids is 1. The molecular weight excluding hydrogens is 286 g/mol. The number of hydrogen-bond acceptors (Lipinski definition) is 5. The van der Waals surface area contributed by atoms with Gasteiger partial charge in [-0.25, -0.2) is 0 Å². The molecule has 0 radical (unpaired) electrons. The monoisotopic (exact) mass is 300 g/mol. The van der Waals surface area contributed by atoms with E-state index < -0.39 is 40.0 Å². The maximum Gasteiger partial charge on any atom is 0.402 e. The van der Waals surface area contributed by atoms with Gasteiger partial charge in [0.25, 0.3) is 0 Å². The summed E-state index contributed by atoms with van der Waals surface area (Å²) in [5.74, 6) is -1.61. The maximum absolute atomic E-state index is 12.9. The van der Waals surface area contributed by atoms with Gasteiger partial charge in [-0.3, -0.25) is 9.35 Å². The van der Waals surface area contributed by atoms with Crippen molar-refractivity contribution < 1.29 is 36.4 Å². The van der Waals surface area contributed by atoms with Crippen LogP contribution < -0.4 is 0 Å². The van der Waals surface area contributed by atoms with E-state index in [0.717, 1.165) is 0 Å². The molecule has 2 saturated carbocycles. The van der Waals surface area contributed by atoms with Crippen LogP contribution in [-0.2, 0) is 19.6 Å². The summed E-state index contributed by atoms with van der Waals surface area (Å²) in [6, 6.07) is 0. The molecule has 19 heavy (non-hydrogen) atoms. The minimum atomic E-state index is -5.59. The fourth-order valence-corrected chi connectivity index (χ4v) is 3.08. The van der Waals surface area contributed by atoms with Crippen LogP contribution in [0.1, 0.15) is 19.3 Å². The van der Waals surface area contributed by atoms with Crippen molar-refractivity contribution in [2.75, 3.05) is 6.61 Å². The number of halogens is 2. The Hall–Kier alpha value is -0.800. The van der Waals surface area contributed by atoms with Gasteiger partial charge in [-0.05, 0) is 31.1 Å². The highest BCUT2D eigenvalue weighted by atomic mass is 32.2. The van der Waals surface area contributed by atoms with Crippen LogP contribution in [0.15, 0.2) is 0 Å². The first-order chi connectivity index (χ1) is 8.62. The third-order valence-corrected chi connectivity index (χ3v) is 4.75. The molecule has 2 aliphatic carbocycles. The van der Waals surface area contributed by atoms with Gasteiger partial charge in [0, 0.05) is 0 Å². The summed E-state index contributed by atoms with van der Waals surface area (Å²) in [4.78, 5) is 11.6. The first-order valence-corrected chi connectivity index (χ1v) is 7.25. The van der Waals surface area contributed by atoms with Crippen LogP contribution in [0.5, 0.6) is 0 Å². The van der Waals surface area contributed by atoms with Crippen molar-refractivity contribution in [2.24, 2.45) is 17.8 Å². The zero-order chi connectivity index (χ0) is 14.4. The van der Waals surface area contributed by atoms with E-state index >= 15 is 0 Å². The summed E-state index contributed by atoms with van der Waals surface area (Å²) in [6.45, 7) is -1.69. The highest BCUT2D eigenvalue weighted by molar-refractivity contribution is 7.86. The molecule has 0 aromatic heterocycles. The molecule has 110 valence electrons. The second kappa shape index (κ2) is 4.64. The molecule has 2 bridgehead atoms. The molecule has 4 atom stereocenters. The Morgan fingerprint density at radius 2 is 1.89 bits per heavy atom. The Balaban J connectivity index is 1.90. The van der Waals surface area contributed by atoms with Gasteiger partial charge in [-0.15, -0.1) is 0 Å². The Morgan fingerprint density at radius 1 is 1.26 bits per heavy atom. The van der Waals surface area contributed by atoms with Crippen LogP contribution in [0.2, 0.25) is 0 Å². The topological polar surface area (TPSA) is 101 Å². The summed E-state index contributed by atoms with van der Waals surface area (Å²) in [5.41, 5.74) is 0. The smallest absolute Gasteiger partial charge is 0.402 e. The summed E-state index contributed by atoms with van der Waals surface area (Å²) >= 11 is 0. The molecule has 4 unspecified atom stereocenters. The molecule has 9 heteroatoms. The fourth-order valence-electron chi connectivity index (χ4n) is 2.87. The molecule has 0 aromatic rings. The van der Waals surface area contributed by atoms with E-state index in [9.17, 15) is 27.1 Å². The predicted molar refractivity (Wildman–Crippen MR) is 57.8 cm³/mol. The first-order valence-electron chi connectivity index (χ1n) is 5.81. The van der Waals surface area contributed by atoms with E-state index in [1.807, 2.05) is 0 Å². The molecule has 2 N–H and O–H groups in total. The largest absolute Gasteiger partial charge is 0.458 e. The van der Waals surface area contributed by atoms with Gasteiger partial charge in [-0.2, -0.15) is 17.2 Å². The van der Waals surface area contributed by atoms with Crippen molar-refractivity contribution in [1.29, 1.82) is 0 Å². The van der Waals surface area contributed by atoms with Gasteiger partial charge in [0.1, 0.15) is 0 Å². The summed E-state index contributed by atoms with van der Waals surface area (Å²) < 4.78 is 59.0. The molecule has 2 aliphatic rings. The normalized spacial score (nSPS) is 34.5. The zero-order valence-corrected chi connectivity index (χ0v) is 10.6. The van der Waals surface area contributed by atoms with Gasteiger partial charge >= 0.3 is 21.3 Å². The lowest BCUT2D eigenvalue weighted by Crippen LogP contribution is -2.37. The summed E-state index contributed by atoms with van der Waals surface area (Å²) in [5, 5.41) is 5.00. The van der Waals surface area contributed by atoms with E-state index in [4.69, 9.17) is 4.55 Å². The Kier molecular flexibility index (Phi) is 3.56. The molecule has 0 saturated heterocycles. The lowest BCUT2D eigenvalue weighted by molar-refractivity contribution is -0.157. The molecule has 0 amide bonds. The van der Waals surface area contributed by atoms with Crippen molar-refractivity contribution in [3.63, 3.8) is 0 Å². The Bertz CT molecular complexity index is 474. The van der Waals surface area contributed by atoms with Gasteiger partial charge < -0.3 is 9.84 Å². The summed E-state index contributed by atoms with van der Waals surface area (Å²) in [6.07, 6.45) is 0.977. The maximum atomic E-state index is 12.9. The minimum absolute atomic E-state index is 0.0235. The van der Waals surface area contributed by atoms with Crippen molar-refractivity contribution in [3.8, 4) is 0 Å². The lowest BCUT2D eigenvalue weighted by atomic mass is 9.87. The quantitative estimate of drug-likeness (QED) is 0.576. The van der Waals surface area contributed by atoms with E-state index in [1.54, 1.807) is 0 Å². The predicted octanol–water partition coefficient (Wildman–Crippen LogP) is 0.417. The van der Waals surface area contributed by atoms with Gasteiger partial charge in [0.05, 0.1) is 12.0 Å². The van der Waals surface area contributed by atoms with E-state index in [0.29, 0.717) is 19.3 Å². The van der Waals surface area contributed by atoms with Crippen LogP contribution in [0.4, 0.5) is 8.78 Å². The van der Waals surface area contributed by atoms with Crippen LogP contribution >= 0.6 is 0 Å². The van der Waals surface area contributed by atoms with Gasteiger partial charge in [-0.1, -0.05) is 0 Å². The van der Waals surface area contributed by atoms with Gasteiger partial charge in [0.15, 0.2) is 6.61 Å². The number of carbonyl (C=O) groups is 1. The first kappa shape index (κ1) is 14.6. The number of aliphatic hydroxyl groups excluding tert-OH is 1. The van der Waals surface area contributed by atoms with Crippen LogP contribution in [0, 0.1) is 17.8 Å². The lowest BCUT2D eigenvalue weighted by Gasteiger charge is -2.24. The highest BCUT2D eigenvalue weighted by Crippen LogP contribution is 2.48.